The number of likely N-dealkylation sites (tertiary alicyclic amines) is 1. The topological polar surface area (TPSA) is 54.9 Å². The number of rotatable bonds is 6. The van der Waals surface area contributed by atoms with Gasteiger partial charge in [0.05, 0.1) is 26.0 Å². The molecule has 2 fully saturated rings. The molecule has 1 amide bonds. The number of hydrogen-bond donors (Lipinski definition) is 0. The maximum Gasteiger partial charge on any atom is 0.223 e. The van der Waals surface area contributed by atoms with Gasteiger partial charge in [0.2, 0.25) is 5.91 Å². The molecule has 4 rings (SSSR count). The predicted molar refractivity (Wildman–Crippen MR) is 121 cm³/mol. The molecular formula is C25H33N3O3. The molecule has 31 heavy (non-hydrogen) atoms. The quantitative estimate of drug-likeness (QED) is 0.708. The van der Waals surface area contributed by atoms with E-state index in [1.807, 2.05) is 41.4 Å². The highest BCUT2D eigenvalue weighted by Crippen LogP contribution is 2.27. The molecule has 0 radical (unpaired) electrons. The van der Waals surface area contributed by atoms with Crippen molar-refractivity contribution in [1.82, 2.24) is 14.8 Å². The second-order valence-electron chi connectivity index (χ2n) is 8.48. The zero-order chi connectivity index (χ0) is 21.6. The first kappa shape index (κ1) is 21.8. The Labute approximate surface area is 185 Å². The van der Waals surface area contributed by atoms with Gasteiger partial charge in [-0.15, -0.1) is 0 Å². The van der Waals surface area contributed by atoms with E-state index >= 15 is 0 Å². The molecule has 1 atom stereocenters. The van der Waals surface area contributed by atoms with Crippen LogP contribution in [0, 0.1) is 5.92 Å². The van der Waals surface area contributed by atoms with Crippen LogP contribution in [0.3, 0.4) is 0 Å². The van der Waals surface area contributed by atoms with Crippen molar-refractivity contribution in [2.45, 2.75) is 32.3 Å². The zero-order valence-corrected chi connectivity index (χ0v) is 18.6. The Hall–Kier alpha value is -2.44. The smallest absolute Gasteiger partial charge is 0.223 e. The van der Waals surface area contributed by atoms with E-state index in [1.165, 1.54) is 0 Å². The third kappa shape index (κ3) is 5.43. The number of morpholine rings is 1. The van der Waals surface area contributed by atoms with Crippen LogP contribution in [0.15, 0.2) is 42.6 Å². The van der Waals surface area contributed by atoms with Crippen LogP contribution in [0.5, 0.6) is 5.75 Å². The van der Waals surface area contributed by atoms with Crippen molar-refractivity contribution in [2.75, 3.05) is 46.4 Å². The van der Waals surface area contributed by atoms with Crippen LogP contribution in [0.25, 0.3) is 11.1 Å². The Balaban J connectivity index is 1.35. The van der Waals surface area contributed by atoms with Crippen LogP contribution >= 0.6 is 0 Å². The Morgan fingerprint density at radius 3 is 2.71 bits per heavy atom. The number of methoxy groups -OCH3 is 1. The van der Waals surface area contributed by atoms with E-state index in [-0.39, 0.29) is 12.0 Å². The lowest BCUT2D eigenvalue weighted by atomic mass is 9.93. The third-order valence-corrected chi connectivity index (χ3v) is 6.56. The minimum Gasteiger partial charge on any atom is -0.497 e. The molecular weight excluding hydrogens is 390 g/mol. The molecule has 2 aliphatic rings. The third-order valence-electron chi connectivity index (χ3n) is 6.56. The molecule has 0 bridgehead atoms. The largest absolute Gasteiger partial charge is 0.497 e. The fraction of sp³-hybridized carbons (Fsp3) is 0.520. The molecule has 2 aromatic rings. The van der Waals surface area contributed by atoms with E-state index in [4.69, 9.17) is 9.47 Å². The number of pyridine rings is 1. The van der Waals surface area contributed by atoms with E-state index in [0.29, 0.717) is 32.0 Å². The maximum atomic E-state index is 12.9. The van der Waals surface area contributed by atoms with Gasteiger partial charge < -0.3 is 19.3 Å². The molecule has 2 saturated heterocycles. The summed E-state index contributed by atoms with van der Waals surface area (Å²) in [6.07, 6.45) is 4.61. The first-order chi connectivity index (χ1) is 15.2. The van der Waals surface area contributed by atoms with Crippen molar-refractivity contribution >= 4 is 5.91 Å². The Kier molecular flexibility index (Phi) is 7.20. The SMILES string of the molecule is CCN1CCC(CC(=O)N2CCO[C@H](c3ccc(-c4cccc(OC)c4)cn3)C2)CC1. The van der Waals surface area contributed by atoms with Gasteiger partial charge in [-0.1, -0.05) is 25.1 Å². The van der Waals surface area contributed by atoms with Gasteiger partial charge in [-0.2, -0.15) is 0 Å². The standard InChI is InChI=1S/C25H33N3O3/c1-3-27-11-9-19(10-12-27)15-25(29)28-13-14-31-24(18-28)23-8-7-21(17-26-23)20-5-4-6-22(16-20)30-2/h4-8,16-17,19,24H,3,9-15,18H2,1-2H3/t24-/m0/s1. The van der Waals surface area contributed by atoms with E-state index in [9.17, 15) is 4.79 Å². The first-order valence-corrected chi connectivity index (χ1v) is 11.4. The second kappa shape index (κ2) is 10.2. The summed E-state index contributed by atoms with van der Waals surface area (Å²) >= 11 is 0. The Morgan fingerprint density at radius 1 is 1.16 bits per heavy atom. The van der Waals surface area contributed by atoms with Gasteiger partial charge in [0, 0.05) is 24.7 Å². The van der Waals surface area contributed by atoms with Crippen molar-refractivity contribution in [1.29, 1.82) is 0 Å². The highest BCUT2D eigenvalue weighted by Gasteiger charge is 2.28. The van der Waals surface area contributed by atoms with Gasteiger partial charge in [-0.3, -0.25) is 9.78 Å². The number of piperidine rings is 1. The van der Waals surface area contributed by atoms with Gasteiger partial charge in [0.1, 0.15) is 11.9 Å². The Morgan fingerprint density at radius 2 is 2.00 bits per heavy atom. The van der Waals surface area contributed by atoms with Crippen LogP contribution in [0.2, 0.25) is 0 Å². The van der Waals surface area contributed by atoms with Crippen LogP contribution in [0.1, 0.15) is 38.0 Å². The molecule has 0 spiro atoms. The molecule has 6 heteroatoms. The zero-order valence-electron chi connectivity index (χ0n) is 18.6. The molecule has 3 heterocycles. The summed E-state index contributed by atoms with van der Waals surface area (Å²) < 4.78 is 11.3. The van der Waals surface area contributed by atoms with E-state index in [1.54, 1.807) is 7.11 Å². The normalized spacial score (nSPS) is 20.6. The summed E-state index contributed by atoms with van der Waals surface area (Å²) in [5.74, 6) is 1.60. The molecule has 0 N–H and O–H groups in total. The number of amides is 1. The van der Waals surface area contributed by atoms with Gasteiger partial charge in [-0.05, 0) is 62.2 Å². The molecule has 2 aliphatic heterocycles. The van der Waals surface area contributed by atoms with E-state index in [2.05, 4.69) is 22.9 Å². The van der Waals surface area contributed by atoms with Crippen molar-refractivity contribution in [2.24, 2.45) is 5.92 Å². The molecule has 0 unspecified atom stereocenters. The van der Waals surface area contributed by atoms with Crippen molar-refractivity contribution in [3.8, 4) is 16.9 Å². The van der Waals surface area contributed by atoms with E-state index < -0.39 is 0 Å². The van der Waals surface area contributed by atoms with Crippen LogP contribution < -0.4 is 4.74 Å². The number of aromatic nitrogens is 1. The Bertz CT molecular complexity index is 863. The summed E-state index contributed by atoms with van der Waals surface area (Å²) in [5.41, 5.74) is 2.97. The number of benzene rings is 1. The lowest BCUT2D eigenvalue weighted by Gasteiger charge is -2.35. The second-order valence-corrected chi connectivity index (χ2v) is 8.48. The molecule has 166 valence electrons. The maximum absolute atomic E-state index is 12.9. The minimum atomic E-state index is -0.168. The van der Waals surface area contributed by atoms with E-state index in [0.717, 1.165) is 55.0 Å². The predicted octanol–water partition coefficient (Wildman–Crippen LogP) is 3.78. The van der Waals surface area contributed by atoms with Gasteiger partial charge in [0.15, 0.2) is 0 Å². The molecule has 1 aromatic carbocycles. The lowest BCUT2D eigenvalue weighted by molar-refractivity contribution is -0.140. The fourth-order valence-electron chi connectivity index (χ4n) is 4.51. The monoisotopic (exact) mass is 423 g/mol. The van der Waals surface area contributed by atoms with Gasteiger partial charge in [0.25, 0.3) is 0 Å². The molecule has 0 aliphatic carbocycles. The van der Waals surface area contributed by atoms with Gasteiger partial charge >= 0.3 is 0 Å². The molecule has 0 saturated carbocycles. The number of nitrogens with zero attached hydrogens (tertiary/aromatic N) is 3. The highest BCUT2D eigenvalue weighted by atomic mass is 16.5. The number of ether oxygens (including phenoxy) is 2. The number of carbonyl (C=O) groups is 1. The molecule has 1 aromatic heterocycles. The lowest BCUT2D eigenvalue weighted by Crippen LogP contribution is -2.43. The summed E-state index contributed by atoms with van der Waals surface area (Å²) in [5, 5.41) is 0. The average Bonchev–Trinajstić information content (AvgIpc) is 2.84. The summed E-state index contributed by atoms with van der Waals surface area (Å²) in [4.78, 5) is 22.0. The average molecular weight is 424 g/mol. The van der Waals surface area contributed by atoms with Gasteiger partial charge in [-0.25, -0.2) is 0 Å². The fourth-order valence-corrected chi connectivity index (χ4v) is 4.51. The summed E-state index contributed by atoms with van der Waals surface area (Å²) in [7, 11) is 1.67. The van der Waals surface area contributed by atoms with Crippen molar-refractivity contribution in [3.63, 3.8) is 0 Å². The van der Waals surface area contributed by atoms with Crippen LogP contribution in [-0.4, -0.2) is 67.1 Å². The van der Waals surface area contributed by atoms with Crippen LogP contribution in [0.4, 0.5) is 0 Å². The summed E-state index contributed by atoms with van der Waals surface area (Å²) in [6.45, 7) is 7.35. The van der Waals surface area contributed by atoms with Crippen molar-refractivity contribution < 1.29 is 14.3 Å². The minimum absolute atomic E-state index is 0.168. The first-order valence-electron chi connectivity index (χ1n) is 11.4. The van der Waals surface area contributed by atoms with Crippen molar-refractivity contribution in [3.05, 3.63) is 48.3 Å². The number of hydrogen-bond acceptors (Lipinski definition) is 5. The summed E-state index contributed by atoms with van der Waals surface area (Å²) in [6, 6.07) is 12.0. The number of carbonyl (C=O) groups excluding carboxylic acids is 1. The molecule has 6 nitrogen and oxygen atoms in total. The van der Waals surface area contributed by atoms with Crippen LogP contribution in [-0.2, 0) is 9.53 Å². The highest BCUT2D eigenvalue weighted by molar-refractivity contribution is 5.76.